The number of carbonyl (C=O) groups is 1. The number of nitrogens with zero attached hydrogens (tertiary/aromatic N) is 5. The van der Waals surface area contributed by atoms with Crippen molar-refractivity contribution in [1.82, 2.24) is 24.1 Å². The Labute approximate surface area is 186 Å². The van der Waals surface area contributed by atoms with Crippen LogP contribution in [0.1, 0.15) is 34.6 Å². The lowest BCUT2D eigenvalue weighted by atomic mass is 9.98. The molecule has 5 rings (SSSR count). The highest BCUT2D eigenvalue weighted by molar-refractivity contribution is 5.94. The smallest absolute Gasteiger partial charge is 0.355 e. The van der Waals surface area contributed by atoms with Gasteiger partial charge in [-0.25, -0.2) is 14.3 Å². The largest absolute Gasteiger partial charge is 0.461 e. The standard InChI is InChI=1S/C24H28N6O2/c1-28-11-7-17(8-12-28)16-32-24(31)22-13-18-4-5-20(14-25)27-23(18)29(22)15-19-3-2-10-30-21(19)6-9-26-30/h2-6,9-10,13,17H,7-8,11-12,14-16,25H2,1H3. The molecule has 0 spiro atoms. The van der Waals surface area contributed by atoms with Crippen molar-refractivity contribution in [3.63, 3.8) is 0 Å². The van der Waals surface area contributed by atoms with Crippen LogP contribution in [-0.4, -0.2) is 56.8 Å². The normalized spacial score (nSPS) is 15.6. The van der Waals surface area contributed by atoms with E-state index in [2.05, 4.69) is 17.0 Å². The monoisotopic (exact) mass is 432 g/mol. The summed E-state index contributed by atoms with van der Waals surface area (Å²) in [5.74, 6) is 0.104. The topological polar surface area (TPSA) is 90.7 Å². The summed E-state index contributed by atoms with van der Waals surface area (Å²) in [5, 5.41) is 5.22. The molecule has 0 bridgehead atoms. The average molecular weight is 433 g/mol. The molecule has 4 aromatic rings. The Hall–Kier alpha value is -3.23. The number of carbonyl (C=O) groups excluding carboxylic acids is 1. The fraction of sp³-hybridized carbons (Fsp3) is 0.375. The van der Waals surface area contributed by atoms with E-state index in [1.165, 1.54) is 0 Å². The second-order valence-corrected chi connectivity index (χ2v) is 8.57. The SMILES string of the molecule is CN1CCC(COC(=O)c2cc3ccc(CN)nc3n2Cc2cccn3nccc23)CC1. The molecule has 5 heterocycles. The maximum absolute atomic E-state index is 13.2. The first-order valence-corrected chi connectivity index (χ1v) is 11.1. The lowest BCUT2D eigenvalue weighted by molar-refractivity contribution is 0.0373. The van der Waals surface area contributed by atoms with Crippen LogP contribution >= 0.6 is 0 Å². The molecule has 0 amide bonds. The zero-order valence-electron chi connectivity index (χ0n) is 18.3. The summed E-state index contributed by atoms with van der Waals surface area (Å²) in [6.45, 7) is 3.37. The quantitative estimate of drug-likeness (QED) is 0.471. The summed E-state index contributed by atoms with van der Waals surface area (Å²) in [6.07, 6.45) is 5.79. The van der Waals surface area contributed by atoms with E-state index < -0.39 is 0 Å². The summed E-state index contributed by atoms with van der Waals surface area (Å²) in [5.41, 5.74) is 9.91. The van der Waals surface area contributed by atoms with Gasteiger partial charge in [0, 0.05) is 24.3 Å². The molecule has 1 aliphatic rings. The van der Waals surface area contributed by atoms with Gasteiger partial charge in [-0.05, 0) is 74.8 Å². The van der Waals surface area contributed by atoms with Gasteiger partial charge in [-0.15, -0.1) is 0 Å². The molecule has 1 saturated heterocycles. The highest BCUT2D eigenvalue weighted by Crippen LogP contribution is 2.24. The lowest BCUT2D eigenvalue weighted by Crippen LogP contribution is -2.32. The van der Waals surface area contributed by atoms with Crippen molar-refractivity contribution in [2.75, 3.05) is 26.7 Å². The van der Waals surface area contributed by atoms with Gasteiger partial charge in [-0.2, -0.15) is 5.10 Å². The first-order chi connectivity index (χ1) is 15.6. The van der Waals surface area contributed by atoms with Crippen LogP contribution in [0.25, 0.3) is 16.6 Å². The molecular formula is C24H28N6O2. The van der Waals surface area contributed by atoms with Crippen molar-refractivity contribution < 1.29 is 9.53 Å². The van der Waals surface area contributed by atoms with E-state index in [1.807, 2.05) is 51.7 Å². The van der Waals surface area contributed by atoms with Crippen molar-refractivity contribution >= 4 is 22.5 Å². The fourth-order valence-electron chi connectivity index (χ4n) is 4.42. The summed E-state index contributed by atoms with van der Waals surface area (Å²) in [7, 11) is 2.13. The number of nitrogens with two attached hydrogens (primary N) is 1. The van der Waals surface area contributed by atoms with Crippen molar-refractivity contribution in [3.8, 4) is 0 Å². The van der Waals surface area contributed by atoms with Crippen LogP contribution in [0, 0.1) is 5.92 Å². The zero-order chi connectivity index (χ0) is 22.1. The van der Waals surface area contributed by atoms with Gasteiger partial charge in [0.1, 0.15) is 11.3 Å². The van der Waals surface area contributed by atoms with E-state index in [0.717, 1.165) is 53.7 Å². The number of likely N-dealkylation sites (tertiary alicyclic amines) is 1. The van der Waals surface area contributed by atoms with Crippen molar-refractivity contribution in [2.24, 2.45) is 11.7 Å². The first-order valence-electron chi connectivity index (χ1n) is 11.1. The van der Waals surface area contributed by atoms with E-state index in [0.29, 0.717) is 31.3 Å². The molecule has 0 saturated carbocycles. The van der Waals surface area contributed by atoms with Crippen molar-refractivity contribution in [3.05, 3.63) is 65.7 Å². The third kappa shape index (κ3) is 3.99. The van der Waals surface area contributed by atoms with Gasteiger partial charge in [0.25, 0.3) is 0 Å². The van der Waals surface area contributed by atoms with Crippen LogP contribution in [-0.2, 0) is 17.8 Å². The third-order valence-electron chi connectivity index (χ3n) is 6.36. The molecule has 0 atom stereocenters. The second-order valence-electron chi connectivity index (χ2n) is 8.57. The predicted octanol–water partition coefficient (Wildman–Crippen LogP) is 2.69. The summed E-state index contributed by atoms with van der Waals surface area (Å²) in [4.78, 5) is 20.2. The molecule has 1 fully saturated rings. The second kappa shape index (κ2) is 8.72. The predicted molar refractivity (Wildman–Crippen MR) is 122 cm³/mol. The Morgan fingerprint density at radius 3 is 2.88 bits per heavy atom. The van der Waals surface area contributed by atoms with E-state index in [4.69, 9.17) is 15.5 Å². The van der Waals surface area contributed by atoms with Gasteiger partial charge in [-0.3, -0.25) is 0 Å². The van der Waals surface area contributed by atoms with Gasteiger partial charge in [-0.1, -0.05) is 6.07 Å². The molecule has 166 valence electrons. The highest BCUT2D eigenvalue weighted by Gasteiger charge is 2.22. The van der Waals surface area contributed by atoms with E-state index in [1.54, 1.807) is 6.20 Å². The van der Waals surface area contributed by atoms with Gasteiger partial charge in [0.2, 0.25) is 0 Å². The molecule has 1 aliphatic heterocycles. The minimum absolute atomic E-state index is 0.309. The number of fused-ring (bicyclic) bond motifs is 2. The maximum Gasteiger partial charge on any atom is 0.355 e. The molecule has 0 unspecified atom stereocenters. The Kier molecular flexibility index (Phi) is 5.63. The van der Waals surface area contributed by atoms with Gasteiger partial charge >= 0.3 is 5.97 Å². The molecule has 2 N–H and O–H groups in total. The van der Waals surface area contributed by atoms with Crippen LogP contribution in [0.4, 0.5) is 0 Å². The molecule has 0 aliphatic carbocycles. The molecular weight excluding hydrogens is 404 g/mol. The highest BCUT2D eigenvalue weighted by atomic mass is 16.5. The summed E-state index contributed by atoms with van der Waals surface area (Å²) >= 11 is 0. The van der Waals surface area contributed by atoms with E-state index in [9.17, 15) is 4.79 Å². The maximum atomic E-state index is 13.2. The molecule has 32 heavy (non-hydrogen) atoms. The number of ether oxygens (including phenoxy) is 1. The van der Waals surface area contributed by atoms with Crippen LogP contribution in [0.15, 0.2) is 48.8 Å². The fourth-order valence-corrected chi connectivity index (χ4v) is 4.42. The van der Waals surface area contributed by atoms with Crippen LogP contribution in [0.5, 0.6) is 0 Å². The minimum atomic E-state index is -0.309. The van der Waals surface area contributed by atoms with Crippen molar-refractivity contribution in [1.29, 1.82) is 0 Å². The molecule has 8 nitrogen and oxygen atoms in total. The number of piperidine rings is 1. The minimum Gasteiger partial charge on any atom is -0.461 e. The lowest BCUT2D eigenvalue weighted by Gasteiger charge is -2.28. The number of hydrogen-bond acceptors (Lipinski definition) is 6. The number of esters is 1. The Balaban J connectivity index is 1.47. The number of rotatable bonds is 6. The Morgan fingerprint density at radius 1 is 1.22 bits per heavy atom. The molecule has 0 radical (unpaired) electrons. The van der Waals surface area contributed by atoms with Crippen LogP contribution in [0.2, 0.25) is 0 Å². The summed E-state index contributed by atoms with van der Waals surface area (Å²) < 4.78 is 9.56. The molecule has 0 aromatic carbocycles. The number of aromatic nitrogens is 4. The zero-order valence-corrected chi connectivity index (χ0v) is 18.3. The van der Waals surface area contributed by atoms with E-state index in [-0.39, 0.29) is 5.97 Å². The third-order valence-corrected chi connectivity index (χ3v) is 6.36. The summed E-state index contributed by atoms with van der Waals surface area (Å²) in [6, 6.07) is 11.7. The van der Waals surface area contributed by atoms with Crippen LogP contribution in [0.3, 0.4) is 0 Å². The molecule has 4 aromatic heterocycles. The van der Waals surface area contributed by atoms with Crippen molar-refractivity contribution in [2.45, 2.75) is 25.9 Å². The average Bonchev–Trinajstić information content (AvgIpc) is 3.44. The Morgan fingerprint density at radius 2 is 2.06 bits per heavy atom. The molecule has 8 heteroatoms. The van der Waals surface area contributed by atoms with Crippen LogP contribution < -0.4 is 5.73 Å². The van der Waals surface area contributed by atoms with E-state index >= 15 is 0 Å². The van der Waals surface area contributed by atoms with Gasteiger partial charge < -0.3 is 19.9 Å². The Bertz CT molecular complexity index is 1250. The van der Waals surface area contributed by atoms with Gasteiger partial charge in [0.05, 0.1) is 24.4 Å². The number of hydrogen-bond donors (Lipinski definition) is 1. The first kappa shape index (κ1) is 20.7. The number of pyridine rings is 2. The van der Waals surface area contributed by atoms with Gasteiger partial charge in [0.15, 0.2) is 0 Å².